The van der Waals surface area contributed by atoms with Crippen molar-refractivity contribution in [2.24, 2.45) is 5.16 Å². The highest BCUT2D eigenvalue weighted by molar-refractivity contribution is 9.10. The lowest BCUT2D eigenvalue weighted by Crippen LogP contribution is -1.92. The SMILES string of the molecule is C/C(=N/O)c1ccc(Br)cc1. The van der Waals surface area contributed by atoms with E-state index in [2.05, 4.69) is 21.1 Å². The topological polar surface area (TPSA) is 32.6 Å². The summed E-state index contributed by atoms with van der Waals surface area (Å²) in [5.74, 6) is 0. The largest absolute Gasteiger partial charge is 0.411 e. The Hall–Kier alpha value is -0.830. The van der Waals surface area contributed by atoms with Crippen LogP contribution in [0.4, 0.5) is 0 Å². The minimum Gasteiger partial charge on any atom is -0.411 e. The van der Waals surface area contributed by atoms with E-state index < -0.39 is 0 Å². The van der Waals surface area contributed by atoms with E-state index in [0.717, 1.165) is 10.0 Å². The van der Waals surface area contributed by atoms with E-state index in [-0.39, 0.29) is 0 Å². The molecular formula is C8H8BrNO. The van der Waals surface area contributed by atoms with E-state index in [1.165, 1.54) is 0 Å². The fourth-order valence-electron chi connectivity index (χ4n) is 0.749. The molecular weight excluding hydrogens is 206 g/mol. The molecule has 0 aliphatic heterocycles. The van der Waals surface area contributed by atoms with E-state index in [1.54, 1.807) is 6.92 Å². The van der Waals surface area contributed by atoms with Crippen LogP contribution in [0.25, 0.3) is 0 Å². The molecule has 1 rings (SSSR count). The van der Waals surface area contributed by atoms with Crippen molar-refractivity contribution < 1.29 is 5.21 Å². The predicted molar refractivity (Wildman–Crippen MR) is 48.1 cm³/mol. The first-order valence-electron chi connectivity index (χ1n) is 3.18. The molecule has 2 nitrogen and oxygen atoms in total. The van der Waals surface area contributed by atoms with E-state index in [4.69, 9.17) is 5.21 Å². The van der Waals surface area contributed by atoms with Crippen molar-refractivity contribution in [3.8, 4) is 0 Å². The summed E-state index contributed by atoms with van der Waals surface area (Å²) in [5.41, 5.74) is 1.55. The van der Waals surface area contributed by atoms with E-state index >= 15 is 0 Å². The maximum atomic E-state index is 8.43. The fourth-order valence-corrected chi connectivity index (χ4v) is 1.01. The van der Waals surface area contributed by atoms with E-state index in [9.17, 15) is 0 Å². The zero-order valence-corrected chi connectivity index (χ0v) is 7.67. The van der Waals surface area contributed by atoms with Crippen LogP contribution in [0.15, 0.2) is 33.9 Å². The van der Waals surface area contributed by atoms with Gasteiger partial charge in [-0.3, -0.25) is 0 Å². The second-order valence-corrected chi connectivity index (χ2v) is 3.11. The van der Waals surface area contributed by atoms with Crippen molar-refractivity contribution >= 4 is 21.6 Å². The van der Waals surface area contributed by atoms with Gasteiger partial charge in [0.15, 0.2) is 0 Å². The highest BCUT2D eigenvalue weighted by Crippen LogP contribution is 2.10. The first-order chi connectivity index (χ1) is 5.24. The van der Waals surface area contributed by atoms with Crippen LogP contribution in [0, 0.1) is 0 Å². The molecule has 0 aliphatic rings. The lowest BCUT2D eigenvalue weighted by Gasteiger charge is -1.96. The summed E-state index contributed by atoms with van der Waals surface area (Å²) in [6.07, 6.45) is 0. The number of nitrogens with zero attached hydrogens (tertiary/aromatic N) is 1. The second-order valence-electron chi connectivity index (χ2n) is 2.19. The molecule has 0 aromatic heterocycles. The Labute approximate surface area is 73.7 Å². The summed E-state index contributed by atoms with van der Waals surface area (Å²) in [5, 5.41) is 11.5. The Morgan fingerprint density at radius 3 is 2.36 bits per heavy atom. The van der Waals surface area contributed by atoms with Crippen LogP contribution in [0.5, 0.6) is 0 Å². The molecule has 0 fully saturated rings. The molecule has 0 spiro atoms. The summed E-state index contributed by atoms with van der Waals surface area (Å²) < 4.78 is 1.02. The van der Waals surface area contributed by atoms with Crippen molar-refractivity contribution in [2.75, 3.05) is 0 Å². The number of hydrogen-bond acceptors (Lipinski definition) is 2. The minimum absolute atomic E-state index is 0.623. The van der Waals surface area contributed by atoms with Gasteiger partial charge in [0.1, 0.15) is 0 Å². The Bertz CT molecular complexity index is 266. The van der Waals surface area contributed by atoms with Gasteiger partial charge in [0.25, 0.3) is 0 Å². The minimum atomic E-state index is 0.623. The molecule has 0 radical (unpaired) electrons. The molecule has 0 heterocycles. The van der Waals surface area contributed by atoms with Crippen molar-refractivity contribution in [1.29, 1.82) is 0 Å². The van der Waals surface area contributed by atoms with E-state index in [0.29, 0.717) is 5.71 Å². The van der Waals surface area contributed by atoms with Gasteiger partial charge < -0.3 is 5.21 Å². The number of benzene rings is 1. The molecule has 58 valence electrons. The standard InChI is InChI=1S/C8H8BrNO/c1-6(10-11)7-2-4-8(9)5-3-7/h2-5,11H,1H3/b10-6-. The van der Waals surface area contributed by atoms with Gasteiger partial charge in [0.05, 0.1) is 5.71 Å². The fraction of sp³-hybridized carbons (Fsp3) is 0.125. The highest BCUT2D eigenvalue weighted by Gasteiger charge is 1.95. The molecule has 0 aliphatic carbocycles. The van der Waals surface area contributed by atoms with Gasteiger partial charge in [-0.2, -0.15) is 0 Å². The van der Waals surface area contributed by atoms with Gasteiger partial charge in [-0.05, 0) is 24.6 Å². The van der Waals surface area contributed by atoms with Gasteiger partial charge in [0, 0.05) is 4.47 Å². The zero-order valence-electron chi connectivity index (χ0n) is 6.08. The third-order valence-electron chi connectivity index (χ3n) is 1.41. The number of hydrogen-bond donors (Lipinski definition) is 1. The molecule has 0 saturated carbocycles. The first-order valence-corrected chi connectivity index (χ1v) is 3.98. The van der Waals surface area contributed by atoms with Crippen LogP contribution in [0.2, 0.25) is 0 Å². The van der Waals surface area contributed by atoms with Gasteiger partial charge in [0.2, 0.25) is 0 Å². The van der Waals surface area contributed by atoms with Crippen molar-refractivity contribution in [1.82, 2.24) is 0 Å². The Morgan fingerprint density at radius 1 is 1.36 bits per heavy atom. The Kier molecular flexibility index (Phi) is 2.65. The lowest BCUT2D eigenvalue weighted by molar-refractivity contribution is 0.319. The second kappa shape index (κ2) is 3.53. The Balaban J connectivity index is 2.99. The van der Waals surface area contributed by atoms with Gasteiger partial charge in [-0.1, -0.05) is 33.2 Å². The van der Waals surface area contributed by atoms with Gasteiger partial charge >= 0.3 is 0 Å². The summed E-state index contributed by atoms with van der Waals surface area (Å²) in [6.45, 7) is 1.75. The Morgan fingerprint density at radius 2 is 1.91 bits per heavy atom. The van der Waals surface area contributed by atoms with Crippen LogP contribution in [0.3, 0.4) is 0 Å². The predicted octanol–water partition coefficient (Wildman–Crippen LogP) is 2.65. The molecule has 1 N–H and O–H groups in total. The van der Waals surface area contributed by atoms with Crippen molar-refractivity contribution in [3.05, 3.63) is 34.3 Å². The van der Waals surface area contributed by atoms with Crippen LogP contribution in [-0.2, 0) is 0 Å². The van der Waals surface area contributed by atoms with Crippen molar-refractivity contribution in [2.45, 2.75) is 6.92 Å². The molecule has 0 atom stereocenters. The number of rotatable bonds is 1. The molecule has 11 heavy (non-hydrogen) atoms. The third-order valence-corrected chi connectivity index (χ3v) is 1.94. The van der Waals surface area contributed by atoms with E-state index in [1.807, 2.05) is 24.3 Å². The molecule has 0 saturated heterocycles. The van der Waals surface area contributed by atoms with Crippen LogP contribution in [0.1, 0.15) is 12.5 Å². The number of halogens is 1. The molecule has 1 aromatic rings. The summed E-state index contributed by atoms with van der Waals surface area (Å²) in [4.78, 5) is 0. The smallest absolute Gasteiger partial charge is 0.0836 e. The van der Waals surface area contributed by atoms with Gasteiger partial charge in [-0.15, -0.1) is 0 Å². The molecule has 1 aromatic carbocycles. The average Bonchev–Trinajstić information content (AvgIpc) is 2.05. The normalized spacial score (nSPS) is 11.6. The molecule has 0 amide bonds. The summed E-state index contributed by atoms with van der Waals surface area (Å²) in [7, 11) is 0. The number of oxime groups is 1. The average molecular weight is 214 g/mol. The zero-order chi connectivity index (χ0) is 8.27. The highest BCUT2D eigenvalue weighted by atomic mass is 79.9. The van der Waals surface area contributed by atoms with Crippen LogP contribution in [-0.4, -0.2) is 10.9 Å². The van der Waals surface area contributed by atoms with Gasteiger partial charge in [-0.25, -0.2) is 0 Å². The van der Waals surface area contributed by atoms with Crippen LogP contribution >= 0.6 is 15.9 Å². The maximum Gasteiger partial charge on any atom is 0.0836 e. The summed E-state index contributed by atoms with van der Waals surface area (Å²) >= 11 is 3.31. The monoisotopic (exact) mass is 213 g/mol. The maximum absolute atomic E-state index is 8.43. The lowest BCUT2D eigenvalue weighted by atomic mass is 10.1. The molecule has 0 bridgehead atoms. The molecule has 0 unspecified atom stereocenters. The quantitative estimate of drug-likeness (QED) is 0.435. The molecule has 3 heteroatoms. The first kappa shape index (κ1) is 8.27. The third kappa shape index (κ3) is 2.05. The summed E-state index contributed by atoms with van der Waals surface area (Å²) in [6, 6.07) is 7.59. The van der Waals surface area contributed by atoms with Crippen LogP contribution < -0.4 is 0 Å². The van der Waals surface area contributed by atoms with Crippen molar-refractivity contribution in [3.63, 3.8) is 0 Å².